The number of ether oxygens (including phenoxy) is 4. The molecule has 0 radical (unpaired) electrons. The molecule has 0 spiro atoms. The van der Waals surface area contributed by atoms with Gasteiger partial charge in [-0.25, -0.2) is 20.2 Å². The Balaban J connectivity index is 0.933. The van der Waals surface area contributed by atoms with Crippen molar-refractivity contribution in [1.82, 2.24) is 0 Å². The number of nitrogens with zero attached hydrogens (tertiary/aromatic N) is 4. The van der Waals surface area contributed by atoms with Crippen LogP contribution in [-0.4, -0.2) is 38.0 Å². The molecule has 0 amide bonds. The van der Waals surface area contributed by atoms with Crippen LogP contribution in [-0.2, 0) is 10.8 Å². The van der Waals surface area contributed by atoms with E-state index < -0.39 is 10.8 Å². The number of hydrogen-bond donors (Lipinski definition) is 0. The van der Waals surface area contributed by atoms with Crippen LogP contribution in [0.5, 0.6) is 23.0 Å². The SMILES string of the molecule is [C-]#[N+]/C(C#N)=C1\C(=C\c2cc3c(s2)C(c2ccc(OCCCCCCCC)cc2)(c2ccc(OCCCCCCCC)cc2)c2c-3sc3c4c(sc23)-c2cc(/C=C3\C(=O)c5cc6ccccc6cc5\C3=C(\C#N)[N+]#[C-])sc2C4(c2ccc(OCCCCCCCC)cc2)c2ccc(OCCCCCCCC)cc2)C(=O)c2cc3ccccc3cc21. The van der Waals surface area contributed by atoms with Crippen LogP contribution in [0.25, 0.3) is 84.8 Å². The average molecular weight is 1650 g/mol. The number of Topliss-reactive ketones (excluding diaryl/α,β-unsaturated/α-hetero) is 2. The molecule has 10 nitrogen and oxygen atoms in total. The Morgan fingerprint density at radius 3 is 0.908 bits per heavy atom. The first kappa shape index (κ1) is 82.5. The van der Waals surface area contributed by atoms with Crippen molar-refractivity contribution in [2.24, 2.45) is 0 Å². The van der Waals surface area contributed by atoms with Gasteiger partial charge in [0.15, 0.2) is 11.6 Å². The summed E-state index contributed by atoms with van der Waals surface area (Å²) in [6.07, 6.45) is 31.4. The molecule has 4 aliphatic carbocycles. The molecule has 0 saturated heterocycles. The number of allylic oxidation sites excluding steroid dienone is 6. The summed E-state index contributed by atoms with van der Waals surface area (Å²) in [6.45, 7) is 28.3. The molecule has 0 fully saturated rings. The normalized spacial score (nSPS) is 15.3. The van der Waals surface area contributed by atoms with Gasteiger partial charge in [-0.05, 0) is 178 Å². The van der Waals surface area contributed by atoms with Gasteiger partial charge in [0.25, 0.3) is 11.4 Å². The molecule has 16 rings (SSSR count). The van der Waals surface area contributed by atoms with E-state index in [1.807, 2.05) is 108 Å². The van der Waals surface area contributed by atoms with Gasteiger partial charge in [0.05, 0.1) is 71.9 Å². The average Bonchev–Trinajstić information content (AvgIpc) is 1.48. The summed E-state index contributed by atoms with van der Waals surface area (Å²) in [5.41, 5.74) is 9.55. The van der Waals surface area contributed by atoms with Gasteiger partial charge in [-0.2, -0.15) is 0 Å². The molecule has 8 aromatic carbocycles. The first-order chi connectivity index (χ1) is 59.0. The van der Waals surface area contributed by atoms with Crippen molar-refractivity contribution in [3.05, 3.63) is 303 Å². The summed E-state index contributed by atoms with van der Waals surface area (Å²) < 4.78 is 28.9. The van der Waals surface area contributed by atoms with Crippen LogP contribution in [0.15, 0.2) is 205 Å². The molecule has 0 aliphatic heterocycles. The third-order valence-electron chi connectivity index (χ3n) is 24.5. The zero-order chi connectivity index (χ0) is 82.7. The minimum atomic E-state index is -1.02. The molecule has 0 atom stereocenters. The largest absolute Gasteiger partial charge is 0.494 e. The highest BCUT2D eigenvalue weighted by Crippen LogP contribution is 2.71. The Bertz CT molecular complexity index is 5620. The van der Waals surface area contributed by atoms with Gasteiger partial charge >= 0.3 is 0 Å². The summed E-state index contributed by atoms with van der Waals surface area (Å²) in [5.74, 6) is 2.68. The van der Waals surface area contributed by atoms with E-state index in [1.54, 1.807) is 22.7 Å². The second kappa shape index (κ2) is 37.6. The van der Waals surface area contributed by atoms with Crippen LogP contribution in [0.1, 0.15) is 267 Å². The van der Waals surface area contributed by atoms with E-state index in [0.29, 0.717) is 71.0 Å². The summed E-state index contributed by atoms with van der Waals surface area (Å²) >= 11 is 6.90. The molecule has 0 bridgehead atoms. The maximum Gasteiger partial charge on any atom is 0.270 e. The highest BCUT2D eigenvalue weighted by Gasteiger charge is 2.56. The first-order valence-electron chi connectivity index (χ1n) is 43.5. The minimum absolute atomic E-state index is 0.137. The van der Waals surface area contributed by atoms with Gasteiger partial charge in [-0.1, -0.05) is 253 Å². The monoisotopic (exact) mass is 1650 g/mol. The highest BCUT2D eigenvalue weighted by molar-refractivity contribution is 7.32. The lowest BCUT2D eigenvalue weighted by Crippen LogP contribution is -2.28. The number of benzene rings is 8. The third-order valence-corrected chi connectivity index (χ3v) is 29.5. The number of fused-ring (bicyclic) bond motifs is 13. The van der Waals surface area contributed by atoms with Crippen molar-refractivity contribution in [3.63, 3.8) is 0 Å². The van der Waals surface area contributed by atoms with Gasteiger partial charge in [0.1, 0.15) is 23.0 Å². The molecule has 12 aromatic rings. The summed E-state index contributed by atoms with van der Waals surface area (Å²) in [5, 5.41) is 25.3. The molecule has 4 aliphatic rings. The van der Waals surface area contributed by atoms with Crippen molar-refractivity contribution in [2.45, 2.75) is 193 Å². The van der Waals surface area contributed by atoms with Crippen molar-refractivity contribution in [2.75, 3.05) is 26.4 Å². The Morgan fingerprint density at radius 1 is 0.358 bits per heavy atom. The van der Waals surface area contributed by atoms with E-state index >= 15 is 9.59 Å². The van der Waals surface area contributed by atoms with Crippen molar-refractivity contribution in [3.8, 4) is 56.0 Å². The van der Waals surface area contributed by atoms with E-state index in [4.69, 9.17) is 32.1 Å². The van der Waals surface area contributed by atoms with Gasteiger partial charge in [0.2, 0.25) is 0 Å². The first-order valence-corrected chi connectivity index (χ1v) is 46.8. The fourth-order valence-electron chi connectivity index (χ4n) is 18.4. The molecule has 0 saturated carbocycles. The minimum Gasteiger partial charge on any atom is -0.494 e. The van der Waals surface area contributed by atoms with E-state index in [1.165, 1.54) is 103 Å². The summed E-state index contributed by atoms with van der Waals surface area (Å²) in [4.78, 5) is 44.3. The third kappa shape index (κ3) is 15.8. The molecule has 4 heterocycles. The second-order valence-electron chi connectivity index (χ2n) is 32.3. The topological polar surface area (TPSA) is 127 Å². The predicted molar refractivity (Wildman–Crippen MR) is 496 cm³/mol. The number of carbonyl (C=O) groups excluding carboxylic acids is 2. The molecular formula is C106H100N4O6S4. The van der Waals surface area contributed by atoms with Crippen molar-refractivity contribution in [1.29, 1.82) is 10.5 Å². The fraction of sp³-hybridized carbons (Fsp3) is 0.321. The predicted octanol–water partition coefficient (Wildman–Crippen LogP) is 29.9. The van der Waals surface area contributed by atoms with Gasteiger partial charge in [-0.3, -0.25) is 9.59 Å². The van der Waals surface area contributed by atoms with E-state index in [2.05, 4.69) is 159 Å². The fourth-order valence-corrected chi connectivity index (χ4v) is 24.4. The van der Waals surface area contributed by atoms with Crippen LogP contribution >= 0.6 is 45.3 Å². The zero-order valence-electron chi connectivity index (χ0n) is 69.1. The Labute approximate surface area is 722 Å². The summed E-state index contributed by atoms with van der Waals surface area (Å²) in [6, 6.07) is 67.5. The molecule has 4 aromatic heterocycles. The second-order valence-corrected chi connectivity index (χ2v) is 36.5. The lowest BCUT2D eigenvalue weighted by atomic mass is 9.70. The number of carbonyl (C=O) groups is 2. The number of thiophene rings is 4. The molecule has 14 heteroatoms. The van der Waals surface area contributed by atoms with Gasteiger partial charge < -0.3 is 18.9 Å². The Kier molecular flexibility index (Phi) is 25.9. The highest BCUT2D eigenvalue weighted by atomic mass is 32.1. The van der Waals surface area contributed by atoms with Crippen molar-refractivity contribution >= 4 is 111 Å². The summed E-state index contributed by atoms with van der Waals surface area (Å²) in [7, 11) is 0. The Morgan fingerprint density at radius 2 is 0.633 bits per heavy atom. The number of unbranched alkanes of at least 4 members (excludes halogenated alkanes) is 20. The van der Waals surface area contributed by atoms with Crippen LogP contribution in [0.2, 0.25) is 0 Å². The standard InChI is InChI=1S/C106H100N4O6S4/c1-7-11-15-19-23-31-55-113-77-47-39-73(40-48-77)105(74-41-49-78(50-42-74)114-56-32-24-20-16-12-8-2)95-99(89-65-81(117-103(89)105)63-87-93(91(67-107)109-5)83-59-69-35-27-29-37-71(69)61-85(83)97(87)111)119-102-96-100(120-101(95)102)90-66-82(64-88-94(92(68-108)110-6)84-60-70-36-28-30-38-72(70)62-86(84)98(88)112)118-104(90)106(96,75-43-51-79(52-44-75)115-57-33-25-21-17-13-9-3)76-45-53-80(54-46-76)116-58-34-26-22-18-14-10-4/h27-30,35-54,59-66H,7-26,31-34,55-58H2,1-4H3/b87-63-,88-64-,93-91-,94-92+. The van der Waals surface area contributed by atoms with Crippen LogP contribution in [0.4, 0.5) is 0 Å². The van der Waals surface area contributed by atoms with Crippen LogP contribution in [0.3, 0.4) is 0 Å². The van der Waals surface area contributed by atoms with E-state index in [0.717, 1.165) is 179 Å². The zero-order valence-corrected chi connectivity index (χ0v) is 72.4. The number of rotatable bonds is 38. The lowest BCUT2D eigenvalue weighted by Gasteiger charge is -2.33. The van der Waals surface area contributed by atoms with Gasteiger partial charge in [0, 0.05) is 84.9 Å². The molecule has 604 valence electrons. The van der Waals surface area contributed by atoms with E-state index in [-0.39, 0.29) is 23.0 Å². The van der Waals surface area contributed by atoms with E-state index in [9.17, 15) is 10.5 Å². The number of ketones is 2. The van der Waals surface area contributed by atoms with Crippen molar-refractivity contribution < 1.29 is 28.5 Å². The molecule has 120 heavy (non-hydrogen) atoms. The number of nitriles is 2. The molecule has 0 N–H and O–H groups in total. The maximum absolute atomic E-state index is 15.4. The smallest absolute Gasteiger partial charge is 0.270 e. The quantitative estimate of drug-likeness (QED) is 0.0162. The molecular weight excluding hydrogens is 1550 g/mol. The van der Waals surface area contributed by atoms with Crippen LogP contribution in [0, 0.1) is 35.8 Å². The Hall–Kier alpha value is -11.2. The van der Waals surface area contributed by atoms with Gasteiger partial charge in [-0.15, -0.1) is 45.3 Å². The van der Waals surface area contributed by atoms with Crippen LogP contribution < -0.4 is 18.9 Å². The molecule has 0 unspecified atom stereocenters. The lowest BCUT2D eigenvalue weighted by molar-refractivity contribution is 0.103. The maximum atomic E-state index is 15.4. The number of hydrogen-bond acceptors (Lipinski definition) is 12.